The first-order chi connectivity index (χ1) is 6.20. The minimum absolute atomic E-state index is 0.0856. The minimum atomic E-state index is -0.0856. The van der Waals surface area contributed by atoms with Crippen molar-refractivity contribution < 1.29 is 0 Å². The summed E-state index contributed by atoms with van der Waals surface area (Å²) in [5.74, 6) is 0. The molecular formula is C10H8ClNO. The molecule has 0 unspecified atom stereocenters. The van der Waals surface area contributed by atoms with E-state index >= 15 is 0 Å². The first-order valence-corrected chi connectivity index (χ1v) is 4.35. The molecule has 1 N–H and O–H groups in total. The number of rotatable bonds is 0. The molecule has 0 saturated carbocycles. The van der Waals surface area contributed by atoms with Crippen molar-refractivity contribution in [3.63, 3.8) is 0 Å². The zero-order valence-corrected chi connectivity index (χ0v) is 7.85. The monoisotopic (exact) mass is 193 g/mol. The summed E-state index contributed by atoms with van der Waals surface area (Å²) in [6.07, 6.45) is 0. The van der Waals surface area contributed by atoms with Gasteiger partial charge in [-0.15, -0.1) is 0 Å². The van der Waals surface area contributed by atoms with Crippen LogP contribution < -0.4 is 5.56 Å². The van der Waals surface area contributed by atoms with Gasteiger partial charge in [0.05, 0.1) is 5.02 Å². The molecule has 0 fully saturated rings. The van der Waals surface area contributed by atoms with Gasteiger partial charge in [0, 0.05) is 16.5 Å². The molecule has 0 spiro atoms. The quantitative estimate of drug-likeness (QED) is 0.685. The molecule has 0 aliphatic carbocycles. The van der Waals surface area contributed by atoms with Crippen LogP contribution in [0, 0.1) is 6.92 Å². The van der Waals surface area contributed by atoms with Crippen LogP contribution in [0.15, 0.2) is 29.1 Å². The lowest BCUT2D eigenvalue weighted by Gasteiger charge is -2.01. The lowest BCUT2D eigenvalue weighted by molar-refractivity contribution is 1.17. The van der Waals surface area contributed by atoms with E-state index in [2.05, 4.69) is 4.98 Å². The summed E-state index contributed by atoms with van der Waals surface area (Å²) in [7, 11) is 0. The Balaban J connectivity index is 3.06. The van der Waals surface area contributed by atoms with Crippen molar-refractivity contribution in [1.82, 2.24) is 4.98 Å². The average molecular weight is 194 g/mol. The minimum Gasteiger partial charge on any atom is -0.324 e. The predicted octanol–water partition coefficient (Wildman–Crippen LogP) is 2.49. The van der Waals surface area contributed by atoms with Crippen molar-refractivity contribution in [2.45, 2.75) is 6.92 Å². The lowest BCUT2D eigenvalue weighted by Crippen LogP contribution is -2.07. The normalized spacial score (nSPS) is 10.6. The number of hydrogen-bond acceptors (Lipinski definition) is 1. The van der Waals surface area contributed by atoms with Crippen LogP contribution in [0.1, 0.15) is 5.69 Å². The van der Waals surface area contributed by atoms with Crippen LogP contribution in [-0.2, 0) is 0 Å². The van der Waals surface area contributed by atoms with Gasteiger partial charge in [-0.25, -0.2) is 0 Å². The highest BCUT2D eigenvalue weighted by molar-refractivity contribution is 6.36. The van der Waals surface area contributed by atoms with Gasteiger partial charge in [0.1, 0.15) is 0 Å². The number of aromatic nitrogens is 1. The van der Waals surface area contributed by atoms with Crippen molar-refractivity contribution >= 4 is 22.4 Å². The van der Waals surface area contributed by atoms with Crippen molar-refractivity contribution in [2.24, 2.45) is 0 Å². The summed E-state index contributed by atoms with van der Waals surface area (Å²) in [5, 5.41) is 2.07. The van der Waals surface area contributed by atoms with E-state index in [0.29, 0.717) is 16.1 Å². The number of nitrogens with one attached hydrogen (secondary N) is 1. The van der Waals surface area contributed by atoms with Gasteiger partial charge in [-0.3, -0.25) is 4.79 Å². The molecular weight excluding hydrogens is 186 g/mol. The summed E-state index contributed by atoms with van der Waals surface area (Å²) in [6.45, 7) is 1.79. The Morgan fingerprint density at radius 2 is 1.85 bits per heavy atom. The molecule has 13 heavy (non-hydrogen) atoms. The summed E-state index contributed by atoms with van der Waals surface area (Å²) < 4.78 is 0. The Kier molecular flexibility index (Phi) is 1.85. The van der Waals surface area contributed by atoms with Gasteiger partial charge in [-0.05, 0) is 13.0 Å². The third kappa shape index (κ3) is 1.23. The maximum Gasteiger partial charge on any atom is 0.256 e. The van der Waals surface area contributed by atoms with E-state index < -0.39 is 0 Å². The fraction of sp³-hybridized carbons (Fsp3) is 0.100. The zero-order chi connectivity index (χ0) is 9.42. The second kappa shape index (κ2) is 2.89. The third-order valence-electron chi connectivity index (χ3n) is 2.04. The van der Waals surface area contributed by atoms with Crippen molar-refractivity contribution in [1.29, 1.82) is 0 Å². The zero-order valence-electron chi connectivity index (χ0n) is 7.10. The van der Waals surface area contributed by atoms with Crippen molar-refractivity contribution in [2.75, 3.05) is 0 Å². The van der Waals surface area contributed by atoms with Crippen molar-refractivity contribution in [3.05, 3.63) is 45.3 Å². The fourth-order valence-electron chi connectivity index (χ4n) is 1.37. The summed E-state index contributed by atoms with van der Waals surface area (Å²) in [6, 6.07) is 7.30. The number of halogens is 1. The number of benzene rings is 1. The highest BCUT2D eigenvalue weighted by atomic mass is 35.5. The largest absolute Gasteiger partial charge is 0.324 e. The van der Waals surface area contributed by atoms with E-state index in [4.69, 9.17) is 11.6 Å². The average Bonchev–Trinajstić information content (AvgIpc) is 2.15. The summed E-state index contributed by atoms with van der Waals surface area (Å²) in [4.78, 5) is 14.1. The Morgan fingerprint density at radius 1 is 1.23 bits per heavy atom. The topological polar surface area (TPSA) is 32.9 Å². The molecule has 1 aromatic heterocycles. The Bertz CT molecular complexity index is 516. The number of pyridine rings is 1. The van der Waals surface area contributed by atoms with E-state index in [9.17, 15) is 4.79 Å². The van der Waals surface area contributed by atoms with Crippen LogP contribution in [0.25, 0.3) is 10.8 Å². The molecule has 2 aromatic rings. The van der Waals surface area contributed by atoms with Crippen LogP contribution in [0.3, 0.4) is 0 Å². The molecule has 0 aliphatic heterocycles. The highest BCUT2D eigenvalue weighted by Gasteiger charge is 2.04. The molecule has 3 heteroatoms. The fourth-order valence-corrected chi connectivity index (χ4v) is 1.58. The Hall–Kier alpha value is -1.28. The predicted molar refractivity (Wildman–Crippen MR) is 54.3 cm³/mol. The number of hydrogen-bond donors (Lipinski definition) is 1. The van der Waals surface area contributed by atoms with Crippen LogP contribution >= 0.6 is 11.6 Å². The number of fused-ring (bicyclic) bond motifs is 1. The van der Waals surface area contributed by atoms with Gasteiger partial charge in [-0.2, -0.15) is 0 Å². The highest BCUT2D eigenvalue weighted by Crippen LogP contribution is 2.21. The number of aryl methyl sites for hydroxylation is 1. The Labute approximate surface area is 80.2 Å². The molecule has 0 saturated heterocycles. The van der Waals surface area contributed by atoms with E-state index in [1.54, 1.807) is 13.0 Å². The molecule has 0 amide bonds. The molecule has 0 bridgehead atoms. The van der Waals surface area contributed by atoms with E-state index in [1.165, 1.54) is 0 Å². The standard InChI is InChI=1S/C10H8ClNO/c1-6-9(11)7-4-2-3-5-8(7)10(13)12-6/h2-5H,1H3,(H,12,13). The molecule has 2 rings (SSSR count). The summed E-state index contributed by atoms with van der Waals surface area (Å²) >= 11 is 6.03. The van der Waals surface area contributed by atoms with Crippen molar-refractivity contribution in [3.8, 4) is 0 Å². The number of aromatic amines is 1. The smallest absolute Gasteiger partial charge is 0.256 e. The van der Waals surface area contributed by atoms with Gasteiger partial charge in [0.15, 0.2) is 0 Å². The van der Waals surface area contributed by atoms with E-state index in [1.807, 2.05) is 18.2 Å². The second-order valence-electron chi connectivity index (χ2n) is 2.94. The van der Waals surface area contributed by atoms with Gasteiger partial charge in [-0.1, -0.05) is 29.8 Å². The van der Waals surface area contributed by atoms with Gasteiger partial charge >= 0.3 is 0 Å². The molecule has 1 heterocycles. The van der Waals surface area contributed by atoms with E-state index in [0.717, 1.165) is 5.39 Å². The van der Waals surface area contributed by atoms with Crippen LogP contribution in [0.5, 0.6) is 0 Å². The first kappa shape index (κ1) is 8.32. The molecule has 66 valence electrons. The SMILES string of the molecule is Cc1[nH]c(=O)c2ccccc2c1Cl. The van der Waals surface area contributed by atoms with E-state index in [-0.39, 0.29) is 5.56 Å². The van der Waals surface area contributed by atoms with Gasteiger partial charge < -0.3 is 4.98 Å². The molecule has 1 aromatic carbocycles. The first-order valence-electron chi connectivity index (χ1n) is 3.97. The van der Waals surface area contributed by atoms with Gasteiger partial charge in [0.2, 0.25) is 0 Å². The lowest BCUT2D eigenvalue weighted by atomic mass is 10.1. The maximum atomic E-state index is 11.4. The molecule has 2 nitrogen and oxygen atoms in total. The van der Waals surface area contributed by atoms with Crippen LogP contribution in [-0.4, -0.2) is 4.98 Å². The maximum absolute atomic E-state index is 11.4. The van der Waals surface area contributed by atoms with Crippen LogP contribution in [0.4, 0.5) is 0 Å². The van der Waals surface area contributed by atoms with Crippen LogP contribution in [0.2, 0.25) is 5.02 Å². The molecule has 0 atom stereocenters. The molecule has 0 radical (unpaired) electrons. The second-order valence-corrected chi connectivity index (χ2v) is 3.32. The molecule has 0 aliphatic rings. The van der Waals surface area contributed by atoms with Gasteiger partial charge in [0.25, 0.3) is 5.56 Å². The summed E-state index contributed by atoms with van der Waals surface area (Å²) in [5.41, 5.74) is 0.628. The third-order valence-corrected chi connectivity index (χ3v) is 2.53. The number of H-pyrrole nitrogens is 1. The Morgan fingerprint density at radius 3 is 2.54 bits per heavy atom.